The molecule has 0 saturated heterocycles. The van der Waals surface area contributed by atoms with Crippen LogP contribution in [0.2, 0.25) is 0 Å². The highest BCUT2D eigenvalue weighted by atomic mass is 32.2. The molecule has 7 nitrogen and oxygen atoms in total. The van der Waals surface area contributed by atoms with Gasteiger partial charge in [-0.05, 0) is 61.4 Å². The number of amidine groups is 1. The number of phenolic OH excluding ortho intramolecular Hbond substituents is 1. The van der Waals surface area contributed by atoms with Gasteiger partial charge in [-0.1, -0.05) is 48.2 Å². The van der Waals surface area contributed by atoms with E-state index in [1.807, 2.05) is 92.2 Å². The molecule has 0 saturated carbocycles. The van der Waals surface area contributed by atoms with Gasteiger partial charge >= 0.3 is 0 Å². The third-order valence-electron chi connectivity index (χ3n) is 4.56. The monoisotopic (exact) mass is 492 g/mol. The van der Waals surface area contributed by atoms with Crippen LogP contribution in [0.25, 0.3) is 0 Å². The molecule has 3 aromatic carbocycles. The second-order valence-electron chi connectivity index (χ2n) is 7.13. The Bertz CT molecular complexity index is 1140. The number of para-hydroxylation sites is 2. The van der Waals surface area contributed by atoms with Crippen molar-refractivity contribution in [3.8, 4) is 5.75 Å². The SMILES string of the molecule is CSC(=Nc1ccccc1)N/N=C/c1cc(C)cc(/C=N\N[C@H](Nc2ccccc2)SC)c1O. The van der Waals surface area contributed by atoms with E-state index in [1.165, 1.54) is 11.8 Å². The molecule has 0 fully saturated rings. The molecule has 4 N–H and O–H groups in total. The summed E-state index contributed by atoms with van der Waals surface area (Å²) in [5.41, 5.74) is 9.87. The molecule has 3 aromatic rings. The van der Waals surface area contributed by atoms with Gasteiger partial charge in [0.05, 0.1) is 18.1 Å². The number of aliphatic imine (C=N–C) groups is 1. The lowest BCUT2D eigenvalue weighted by Gasteiger charge is -2.17. The number of rotatable bonds is 9. The highest BCUT2D eigenvalue weighted by molar-refractivity contribution is 8.13. The van der Waals surface area contributed by atoms with Crippen LogP contribution < -0.4 is 16.2 Å². The average Bonchev–Trinajstić information content (AvgIpc) is 2.86. The molecule has 1 atom stereocenters. The number of nitrogens with one attached hydrogen (secondary N) is 3. The first-order valence-corrected chi connectivity index (χ1v) is 13.0. The minimum atomic E-state index is -0.121. The van der Waals surface area contributed by atoms with Crippen molar-refractivity contribution in [3.63, 3.8) is 0 Å². The molecule has 34 heavy (non-hydrogen) atoms. The van der Waals surface area contributed by atoms with Gasteiger partial charge in [0.25, 0.3) is 0 Å². The first-order valence-electron chi connectivity index (χ1n) is 10.5. The van der Waals surface area contributed by atoms with Gasteiger partial charge in [0, 0.05) is 16.8 Å². The third-order valence-corrected chi connectivity index (χ3v) is 5.82. The fourth-order valence-electron chi connectivity index (χ4n) is 2.93. The summed E-state index contributed by atoms with van der Waals surface area (Å²) in [7, 11) is 0. The molecule has 0 unspecified atom stereocenters. The van der Waals surface area contributed by atoms with Crippen molar-refractivity contribution in [1.82, 2.24) is 10.9 Å². The maximum atomic E-state index is 10.7. The lowest BCUT2D eigenvalue weighted by atomic mass is 10.1. The molecule has 0 aliphatic heterocycles. The molecule has 0 radical (unpaired) electrons. The Morgan fingerprint density at radius 1 is 0.912 bits per heavy atom. The third kappa shape index (κ3) is 7.86. The fourth-order valence-corrected chi connectivity index (χ4v) is 3.69. The average molecular weight is 493 g/mol. The summed E-state index contributed by atoms with van der Waals surface area (Å²) in [6, 6.07) is 23.3. The molecule has 0 aromatic heterocycles. The van der Waals surface area contributed by atoms with Crippen LogP contribution in [-0.2, 0) is 0 Å². The molecule has 0 aliphatic rings. The lowest BCUT2D eigenvalue weighted by Crippen LogP contribution is -2.29. The van der Waals surface area contributed by atoms with Gasteiger partial charge in [0.2, 0.25) is 0 Å². The van der Waals surface area contributed by atoms with Crippen molar-refractivity contribution < 1.29 is 5.11 Å². The molecule has 9 heteroatoms. The number of phenols is 1. The summed E-state index contributed by atoms with van der Waals surface area (Å²) in [4.78, 5) is 4.52. The molecule has 0 aliphatic carbocycles. The van der Waals surface area contributed by atoms with Gasteiger partial charge in [0.15, 0.2) is 10.7 Å². The highest BCUT2D eigenvalue weighted by Gasteiger charge is 2.07. The normalized spacial score (nSPS) is 12.7. The number of hydrogen-bond acceptors (Lipinski definition) is 8. The number of anilines is 1. The van der Waals surface area contributed by atoms with E-state index >= 15 is 0 Å². The fraction of sp³-hybridized carbons (Fsp3) is 0.160. The molecule has 0 amide bonds. The van der Waals surface area contributed by atoms with E-state index in [0.717, 1.165) is 16.9 Å². The Kier molecular flexibility index (Phi) is 9.87. The van der Waals surface area contributed by atoms with E-state index in [1.54, 1.807) is 24.2 Å². The minimum Gasteiger partial charge on any atom is -0.507 e. The zero-order valence-electron chi connectivity index (χ0n) is 19.3. The number of benzene rings is 3. The van der Waals surface area contributed by atoms with Crippen LogP contribution in [0.5, 0.6) is 5.75 Å². The second kappa shape index (κ2) is 13.3. The zero-order chi connectivity index (χ0) is 24.2. The van der Waals surface area contributed by atoms with E-state index in [4.69, 9.17) is 0 Å². The standard InChI is InChI=1S/C25H28N6OS2/c1-18-14-19(16-26-30-24(33-2)28-21-10-6-4-7-11-21)23(32)20(15-18)17-27-31-25(34-3)29-22-12-8-5-9-13-22/h4-17,24,28,30,32H,1-3H3,(H,29,31)/b26-16-,27-17+/t24-/m0/s1. The number of aryl methyl sites for hydroxylation is 1. The Morgan fingerprint density at radius 2 is 1.53 bits per heavy atom. The topological polar surface area (TPSA) is 93.4 Å². The smallest absolute Gasteiger partial charge is 0.182 e. The number of hydrogen-bond donors (Lipinski definition) is 4. The van der Waals surface area contributed by atoms with Crippen molar-refractivity contribution >= 4 is 52.5 Å². The summed E-state index contributed by atoms with van der Waals surface area (Å²) in [5.74, 6) is 0.101. The molecule has 0 spiro atoms. The number of nitrogens with zero attached hydrogens (tertiary/aromatic N) is 3. The number of thioether (sulfide) groups is 2. The number of aromatic hydroxyl groups is 1. The van der Waals surface area contributed by atoms with Crippen LogP contribution >= 0.6 is 23.5 Å². The predicted molar refractivity (Wildman–Crippen MR) is 149 cm³/mol. The van der Waals surface area contributed by atoms with Crippen LogP contribution in [0.4, 0.5) is 11.4 Å². The quantitative estimate of drug-likeness (QED) is 0.139. The first kappa shape index (κ1) is 25.2. The van der Waals surface area contributed by atoms with Crippen molar-refractivity contribution in [2.45, 2.75) is 12.4 Å². The summed E-state index contributed by atoms with van der Waals surface area (Å²) < 4.78 is 0. The minimum absolute atomic E-state index is 0.101. The summed E-state index contributed by atoms with van der Waals surface area (Å²) in [6.07, 6.45) is 7.09. The van der Waals surface area contributed by atoms with E-state index < -0.39 is 0 Å². The molecular formula is C25H28N6OS2. The Morgan fingerprint density at radius 3 is 2.15 bits per heavy atom. The van der Waals surface area contributed by atoms with Crippen molar-refractivity contribution in [3.05, 3.63) is 89.5 Å². The van der Waals surface area contributed by atoms with Crippen LogP contribution in [0.3, 0.4) is 0 Å². The Labute approximate surface area is 208 Å². The molecule has 3 rings (SSSR count). The Balaban J connectivity index is 1.67. The maximum absolute atomic E-state index is 10.7. The lowest BCUT2D eigenvalue weighted by molar-refractivity contribution is 0.473. The van der Waals surface area contributed by atoms with E-state index in [2.05, 4.69) is 31.4 Å². The van der Waals surface area contributed by atoms with E-state index in [0.29, 0.717) is 16.3 Å². The summed E-state index contributed by atoms with van der Waals surface area (Å²) >= 11 is 3.04. The van der Waals surface area contributed by atoms with Gasteiger partial charge in [-0.2, -0.15) is 10.2 Å². The van der Waals surface area contributed by atoms with Gasteiger partial charge in [-0.25, -0.2) is 4.99 Å². The van der Waals surface area contributed by atoms with Crippen LogP contribution in [0.15, 0.2) is 88.0 Å². The molecular weight excluding hydrogens is 464 g/mol. The summed E-state index contributed by atoms with van der Waals surface area (Å²) in [5, 5.41) is 23.3. The molecule has 176 valence electrons. The maximum Gasteiger partial charge on any atom is 0.182 e. The van der Waals surface area contributed by atoms with Crippen molar-refractivity contribution in [2.24, 2.45) is 15.2 Å². The van der Waals surface area contributed by atoms with Crippen LogP contribution in [-0.4, -0.2) is 40.7 Å². The summed E-state index contributed by atoms with van der Waals surface area (Å²) in [6.45, 7) is 1.96. The van der Waals surface area contributed by atoms with Crippen molar-refractivity contribution in [2.75, 3.05) is 17.8 Å². The van der Waals surface area contributed by atoms with Crippen LogP contribution in [0.1, 0.15) is 16.7 Å². The number of hydrazone groups is 2. The Hall–Kier alpha value is -3.43. The second-order valence-corrected chi connectivity index (χ2v) is 8.87. The van der Waals surface area contributed by atoms with Crippen molar-refractivity contribution in [1.29, 1.82) is 0 Å². The first-order chi connectivity index (χ1) is 16.6. The van der Waals surface area contributed by atoms with Gasteiger partial charge in [-0.15, -0.1) is 11.8 Å². The molecule has 0 heterocycles. The zero-order valence-corrected chi connectivity index (χ0v) is 20.9. The van der Waals surface area contributed by atoms with Gasteiger partial charge in [-0.3, -0.25) is 10.9 Å². The van der Waals surface area contributed by atoms with E-state index in [-0.39, 0.29) is 11.2 Å². The van der Waals surface area contributed by atoms with Gasteiger partial charge < -0.3 is 10.4 Å². The van der Waals surface area contributed by atoms with Crippen LogP contribution in [0, 0.1) is 6.92 Å². The van der Waals surface area contributed by atoms with E-state index in [9.17, 15) is 5.11 Å². The highest BCUT2D eigenvalue weighted by Crippen LogP contribution is 2.22. The predicted octanol–water partition coefficient (Wildman–Crippen LogP) is 5.36. The molecule has 0 bridgehead atoms. The largest absolute Gasteiger partial charge is 0.507 e. The van der Waals surface area contributed by atoms with Gasteiger partial charge in [0.1, 0.15) is 5.75 Å².